The fraction of sp³-hybridized carbons (Fsp3) is 0.389. The van der Waals surface area contributed by atoms with E-state index in [1.165, 1.54) is 11.1 Å². The molecule has 0 saturated heterocycles. The predicted molar refractivity (Wildman–Crippen MR) is 96.5 cm³/mol. The predicted octanol–water partition coefficient (Wildman–Crippen LogP) is 4.13. The van der Waals surface area contributed by atoms with Gasteiger partial charge in [0.1, 0.15) is 0 Å². The van der Waals surface area contributed by atoms with Crippen LogP contribution < -0.4 is 5.73 Å². The molecule has 0 bridgehead atoms. The van der Waals surface area contributed by atoms with Gasteiger partial charge >= 0.3 is 0 Å². The molecule has 1 aromatic heterocycles. The molecule has 0 atom stereocenters. The third-order valence-corrected chi connectivity index (χ3v) is 4.35. The molecule has 1 aromatic carbocycles. The lowest BCUT2D eigenvalue weighted by Gasteiger charge is -2.26. The highest BCUT2D eigenvalue weighted by Gasteiger charge is 2.23. The Morgan fingerprint density at radius 3 is 2.50 bits per heavy atom. The summed E-state index contributed by atoms with van der Waals surface area (Å²) in [5.74, 6) is 0. The van der Waals surface area contributed by atoms with Crippen LogP contribution in [0.5, 0.6) is 0 Å². The van der Waals surface area contributed by atoms with Crippen LogP contribution in [0.25, 0.3) is 11.3 Å². The molecule has 1 heterocycles. The van der Waals surface area contributed by atoms with Gasteiger partial charge in [0.15, 0.2) is 9.04 Å². The van der Waals surface area contributed by atoms with E-state index in [9.17, 15) is 0 Å². The van der Waals surface area contributed by atoms with Crippen molar-refractivity contribution in [3.8, 4) is 11.3 Å². The topological polar surface area (TPSA) is 48.1 Å². The molecule has 0 amide bonds. The molecule has 118 valence electrons. The Bertz CT molecular complexity index is 648. The van der Waals surface area contributed by atoms with Crippen molar-refractivity contribution < 1.29 is 4.43 Å². The maximum absolute atomic E-state index is 5.96. The maximum atomic E-state index is 5.96. The van der Waals surface area contributed by atoms with E-state index in [1.54, 1.807) is 0 Å². The van der Waals surface area contributed by atoms with Gasteiger partial charge in [0.05, 0.1) is 12.3 Å². The molecule has 2 aromatic rings. The van der Waals surface area contributed by atoms with E-state index in [-0.39, 0.29) is 5.41 Å². The number of nitrogen functional groups attached to an aromatic ring is 1. The lowest BCUT2D eigenvalue weighted by atomic mass is 9.81. The van der Waals surface area contributed by atoms with Crippen molar-refractivity contribution >= 4 is 14.7 Å². The van der Waals surface area contributed by atoms with Crippen molar-refractivity contribution in [3.63, 3.8) is 0 Å². The average molecular weight is 315 g/mol. The quantitative estimate of drug-likeness (QED) is 0.682. The number of hydrogen-bond acceptors (Lipinski definition) is 3. The lowest BCUT2D eigenvalue weighted by Crippen LogP contribution is -2.19. The van der Waals surface area contributed by atoms with Crippen LogP contribution in [0, 0.1) is 0 Å². The molecule has 0 unspecified atom stereocenters. The Balaban J connectivity index is 2.56. The minimum absolute atomic E-state index is 0.00851. The molecular weight excluding hydrogens is 288 g/mol. The summed E-state index contributed by atoms with van der Waals surface area (Å²) in [6, 6.07) is 10.0. The Morgan fingerprint density at radius 2 is 1.91 bits per heavy atom. The average Bonchev–Trinajstić information content (AvgIpc) is 2.43. The van der Waals surface area contributed by atoms with Crippen LogP contribution in [0.1, 0.15) is 31.9 Å². The fourth-order valence-corrected chi connectivity index (χ4v) is 3.13. The zero-order valence-electron chi connectivity index (χ0n) is 14.2. The van der Waals surface area contributed by atoms with Gasteiger partial charge in [-0.05, 0) is 47.8 Å². The van der Waals surface area contributed by atoms with Crippen LogP contribution in [0.15, 0.2) is 36.5 Å². The smallest absolute Gasteiger partial charge is 0.171 e. The molecule has 0 aliphatic heterocycles. The van der Waals surface area contributed by atoms with Crippen LogP contribution in [0.3, 0.4) is 0 Å². The van der Waals surface area contributed by atoms with Crippen LogP contribution in [-0.4, -0.2) is 14.0 Å². The van der Waals surface area contributed by atoms with Crippen LogP contribution in [0.4, 0.5) is 5.69 Å². The molecule has 2 N–H and O–H groups in total. The summed E-state index contributed by atoms with van der Waals surface area (Å²) in [6.45, 7) is 11.7. The molecule has 2 rings (SSSR count). The fourth-order valence-electron chi connectivity index (χ4n) is 2.62. The van der Waals surface area contributed by atoms with Crippen molar-refractivity contribution in [2.45, 2.75) is 45.9 Å². The first kappa shape index (κ1) is 16.7. The number of nitrogens with zero attached hydrogens (tertiary/aromatic N) is 1. The Hall–Kier alpha value is -1.65. The number of pyridine rings is 1. The Labute approximate surface area is 135 Å². The van der Waals surface area contributed by atoms with E-state index in [1.807, 2.05) is 24.4 Å². The molecule has 22 heavy (non-hydrogen) atoms. The summed E-state index contributed by atoms with van der Waals surface area (Å²) in [6.07, 6.45) is 1.87. The van der Waals surface area contributed by atoms with E-state index >= 15 is 0 Å². The molecule has 0 radical (unpaired) electrons. The third kappa shape index (κ3) is 3.96. The van der Waals surface area contributed by atoms with Gasteiger partial charge in [-0.2, -0.15) is 0 Å². The summed E-state index contributed by atoms with van der Waals surface area (Å²) in [7, 11) is -1.05. The SMILES string of the molecule is C[SiH](C)OCc1ccnc(-c2cccc(N)c2)c1C(C)(C)C. The van der Waals surface area contributed by atoms with Gasteiger partial charge in [-0.3, -0.25) is 4.98 Å². The number of hydrogen-bond donors (Lipinski definition) is 1. The van der Waals surface area contributed by atoms with E-state index < -0.39 is 9.04 Å². The summed E-state index contributed by atoms with van der Waals surface area (Å²) < 4.78 is 5.96. The highest BCUT2D eigenvalue weighted by molar-refractivity contribution is 6.48. The highest BCUT2D eigenvalue weighted by atomic mass is 28.3. The van der Waals surface area contributed by atoms with E-state index in [4.69, 9.17) is 10.2 Å². The second-order valence-electron chi connectivity index (χ2n) is 6.93. The maximum Gasteiger partial charge on any atom is 0.171 e. The van der Waals surface area contributed by atoms with E-state index in [0.717, 1.165) is 16.9 Å². The van der Waals surface area contributed by atoms with Crippen molar-refractivity contribution in [3.05, 3.63) is 47.7 Å². The minimum Gasteiger partial charge on any atom is -0.416 e. The molecule has 0 spiro atoms. The number of aromatic nitrogens is 1. The van der Waals surface area contributed by atoms with E-state index in [2.05, 4.69) is 51.0 Å². The van der Waals surface area contributed by atoms with Crippen molar-refractivity contribution in [1.29, 1.82) is 0 Å². The molecule has 0 saturated carbocycles. The third-order valence-electron chi connectivity index (χ3n) is 3.52. The summed E-state index contributed by atoms with van der Waals surface area (Å²) in [5.41, 5.74) is 11.2. The van der Waals surface area contributed by atoms with E-state index in [0.29, 0.717) is 6.61 Å². The van der Waals surface area contributed by atoms with Crippen LogP contribution in [-0.2, 0) is 16.4 Å². The van der Waals surface area contributed by atoms with Gasteiger partial charge in [-0.25, -0.2) is 0 Å². The zero-order valence-corrected chi connectivity index (χ0v) is 15.3. The number of anilines is 1. The Morgan fingerprint density at radius 1 is 1.18 bits per heavy atom. The van der Waals surface area contributed by atoms with Gasteiger partial charge < -0.3 is 10.2 Å². The van der Waals surface area contributed by atoms with Gasteiger partial charge in [0, 0.05) is 17.4 Å². The van der Waals surface area contributed by atoms with Gasteiger partial charge in [-0.15, -0.1) is 0 Å². The first-order valence-corrected chi connectivity index (χ1v) is 10.5. The largest absolute Gasteiger partial charge is 0.416 e. The minimum atomic E-state index is -1.05. The molecule has 3 nitrogen and oxygen atoms in total. The van der Waals surface area contributed by atoms with Gasteiger partial charge in [-0.1, -0.05) is 32.9 Å². The summed E-state index contributed by atoms with van der Waals surface area (Å²) in [5, 5.41) is 0. The van der Waals surface area contributed by atoms with Crippen molar-refractivity contribution in [2.75, 3.05) is 5.73 Å². The standard InChI is InChI=1S/C18H26N2OSi/c1-18(2,3)16-14(12-21-22(4)5)9-10-20-17(16)13-7-6-8-15(19)11-13/h6-11,22H,12,19H2,1-5H3. The first-order chi connectivity index (χ1) is 10.3. The molecular formula is C18H26N2OSi. The highest BCUT2D eigenvalue weighted by Crippen LogP contribution is 2.35. The number of benzene rings is 1. The molecule has 4 heteroatoms. The number of nitrogens with two attached hydrogens (primary N) is 1. The summed E-state index contributed by atoms with van der Waals surface area (Å²) in [4.78, 5) is 4.64. The van der Waals surface area contributed by atoms with Crippen molar-refractivity contribution in [2.24, 2.45) is 0 Å². The second-order valence-corrected chi connectivity index (χ2v) is 9.36. The molecule has 0 aliphatic rings. The van der Waals surface area contributed by atoms with Gasteiger partial charge in [0.2, 0.25) is 0 Å². The lowest BCUT2D eigenvalue weighted by molar-refractivity contribution is 0.310. The van der Waals surface area contributed by atoms with Gasteiger partial charge in [0.25, 0.3) is 0 Å². The number of rotatable bonds is 4. The second kappa shape index (κ2) is 6.63. The molecule has 0 aliphatic carbocycles. The zero-order chi connectivity index (χ0) is 16.3. The normalized spacial score (nSPS) is 11.9. The monoisotopic (exact) mass is 314 g/mol. The van der Waals surface area contributed by atoms with Crippen LogP contribution in [0.2, 0.25) is 13.1 Å². The van der Waals surface area contributed by atoms with Crippen LogP contribution >= 0.6 is 0 Å². The summed E-state index contributed by atoms with van der Waals surface area (Å²) >= 11 is 0. The molecule has 0 fully saturated rings. The Kier molecular flexibility index (Phi) is 5.03. The first-order valence-electron chi connectivity index (χ1n) is 7.75. The van der Waals surface area contributed by atoms with Crippen molar-refractivity contribution in [1.82, 2.24) is 4.98 Å².